The van der Waals surface area contributed by atoms with Crippen LogP contribution in [0.1, 0.15) is 0 Å². The first-order valence-electron chi connectivity index (χ1n) is 16.7. The van der Waals surface area contributed by atoms with Crippen molar-refractivity contribution in [3.8, 4) is 33.4 Å². The second-order valence-electron chi connectivity index (χ2n) is 12.9. The summed E-state index contributed by atoms with van der Waals surface area (Å²) < 4.78 is 0. The normalized spacial score (nSPS) is 11.8. The van der Waals surface area contributed by atoms with Gasteiger partial charge in [0.25, 0.3) is 0 Å². The highest BCUT2D eigenvalue weighted by atomic mass is 14.2. The lowest BCUT2D eigenvalue weighted by Crippen LogP contribution is -1.87. The molecule has 0 spiro atoms. The topological polar surface area (TPSA) is 0 Å². The van der Waals surface area contributed by atoms with E-state index in [0.29, 0.717) is 0 Å². The van der Waals surface area contributed by atoms with Gasteiger partial charge in [-0.05, 0) is 122 Å². The lowest BCUT2D eigenvalue weighted by Gasteiger charge is -2.14. The van der Waals surface area contributed by atoms with E-state index in [2.05, 4.69) is 182 Å². The predicted octanol–water partition coefficient (Wildman–Crippen LogP) is 13.6. The Morgan fingerprint density at radius 1 is 0.208 bits per heavy atom. The number of hydrogen-bond donors (Lipinski definition) is 0. The van der Waals surface area contributed by atoms with Crippen molar-refractivity contribution in [3.05, 3.63) is 182 Å². The Hall–Kier alpha value is -6.24. The van der Waals surface area contributed by atoms with E-state index in [1.165, 1.54) is 98.0 Å². The van der Waals surface area contributed by atoms with Gasteiger partial charge in [0, 0.05) is 0 Å². The van der Waals surface area contributed by atoms with E-state index < -0.39 is 0 Å². The van der Waals surface area contributed by atoms with Gasteiger partial charge in [-0.15, -0.1) is 0 Å². The molecule has 222 valence electrons. The molecule has 10 aromatic carbocycles. The van der Waals surface area contributed by atoms with Crippen LogP contribution in [0.4, 0.5) is 0 Å². The molecular formula is C48H30. The Labute approximate surface area is 279 Å². The van der Waals surface area contributed by atoms with Gasteiger partial charge in [-0.3, -0.25) is 0 Å². The molecule has 0 nitrogen and oxygen atoms in total. The fourth-order valence-electron chi connectivity index (χ4n) is 7.84. The van der Waals surface area contributed by atoms with Crippen LogP contribution in [-0.4, -0.2) is 0 Å². The Kier molecular flexibility index (Phi) is 5.98. The second kappa shape index (κ2) is 10.7. The summed E-state index contributed by atoms with van der Waals surface area (Å²) in [7, 11) is 0. The van der Waals surface area contributed by atoms with E-state index in [4.69, 9.17) is 0 Å². The summed E-state index contributed by atoms with van der Waals surface area (Å²) in [5.74, 6) is 0. The molecule has 0 aromatic heterocycles. The molecule has 48 heavy (non-hydrogen) atoms. The van der Waals surface area contributed by atoms with Crippen LogP contribution >= 0.6 is 0 Å². The van der Waals surface area contributed by atoms with Gasteiger partial charge >= 0.3 is 0 Å². The van der Waals surface area contributed by atoms with E-state index in [-0.39, 0.29) is 0 Å². The van der Waals surface area contributed by atoms with Crippen LogP contribution in [0.2, 0.25) is 0 Å². The number of benzene rings is 10. The van der Waals surface area contributed by atoms with Crippen molar-refractivity contribution >= 4 is 64.6 Å². The number of hydrogen-bond acceptors (Lipinski definition) is 0. The summed E-state index contributed by atoms with van der Waals surface area (Å²) in [6.07, 6.45) is 0. The molecule has 10 rings (SSSR count). The van der Waals surface area contributed by atoms with Crippen LogP contribution in [0.25, 0.3) is 98.0 Å². The summed E-state index contributed by atoms with van der Waals surface area (Å²) in [4.78, 5) is 0. The summed E-state index contributed by atoms with van der Waals surface area (Å²) in [5, 5.41) is 15.4. The van der Waals surface area contributed by atoms with Gasteiger partial charge in [-0.2, -0.15) is 0 Å². The molecular weight excluding hydrogens is 577 g/mol. The average molecular weight is 607 g/mol. The van der Waals surface area contributed by atoms with Crippen LogP contribution in [0.5, 0.6) is 0 Å². The van der Waals surface area contributed by atoms with Crippen molar-refractivity contribution in [2.45, 2.75) is 0 Å². The zero-order valence-electron chi connectivity index (χ0n) is 26.3. The van der Waals surface area contributed by atoms with E-state index in [0.717, 1.165) is 0 Å². The fourth-order valence-corrected chi connectivity index (χ4v) is 7.84. The maximum Gasteiger partial charge on any atom is -0.00206 e. The predicted molar refractivity (Wildman–Crippen MR) is 208 cm³/mol. The number of fused-ring (bicyclic) bond motifs is 9. The smallest absolute Gasteiger partial charge is 0.00206 e. The first-order chi connectivity index (χ1) is 23.8. The van der Waals surface area contributed by atoms with Crippen molar-refractivity contribution in [1.29, 1.82) is 0 Å². The van der Waals surface area contributed by atoms with Gasteiger partial charge in [-0.1, -0.05) is 158 Å². The maximum absolute atomic E-state index is 2.36. The van der Waals surface area contributed by atoms with E-state index in [1.54, 1.807) is 0 Å². The molecule has 0 amide bonds. The van der Waals surface area contributed by atoms with E-state index >= 15 is 0 Å². The van der Waals surface area contributed by atoms with Crippen molar-refractivity contribution in [1.82, 2.24) is 0 Å². The lowest BCUT2D eigenvalue weighted by molar-refractivity contribution is 1.62. The first-order valence-corrected chi connectivity index (χ1v) is 16.7. The van der Waals surface area contributed by atoms with Crippen molar-refractivity contribution in [2.24, 2.45) is 0 Å². The monoisotopic (exact) mass is 606 g/mol. The van der Waals surface area contributed by atoms with Crippen LogP contribution in [0, 0.1) is 0 Å². The first kappa shape index (κ1) is 26.9. The summed E-state index contributed by atoms with van der Waals surface area (Å²) in [6.45, 7) is 0. The molecule has 0 heteroatoms. The van der Waals surface area contributed by atoms with Gasteiger partial charge in [0.1, 0.15) is 0 Å². The SMILES string of the molecule is c1ccc2c(c1)cc(-c1ccc3ccc(-c4ccc(-c5cc6ccccc6c6c5ccc5ccccc56)cc4)cc3c1)c1ccccc12. The fraction of sp³-hybridized carbons (Fsp3) is 0. The minimum atomic E-state index is 1.22. The van der Waals surface area contributed by atoms with Crippen LogP contribution < -0.4 is 0 Å². The molecule has 0 radical (unpaired) electrons. The Balaban J connectivity index is 1.08. The third-order valence-electron chi connectivity index (χ3n) is 10.2. The van der Waals surface area contributed by atoms with Crippen molar-refractivity contribution in [2.75, 3.05) is 0 Å². The van der Waals surface area contributed by atoms with Gasteiger partial charge < -0.3 is 0 Å². The molecule has 0 aliphatic rings. The molecule has 0 bridgehead atoms. The summed E-state index contributed by atoms with van der Waals surface area (Å²) in [6, 6.07) is 67.1. The van der Waals surface area contributed by atoms with Crippen molar-refractivity contribution < 1.29 is 0 Å². The summed E-state index contributed by atoms with van der Waals surface area (Å²) in [5.41, 5.74) is 7.47. The van der Waals surface area contributed by atoms with Gasteiger partial charge in [0.2, 0.25) is 0 Å². The minimum Gasteiger partial charge on any atom is -0.0616 e. The van der Waals surface area contributed by atoms with Gasteiger partial charge in [0.15, 0.2) is 0 Å². The molecule has 0 unspecified atom stereocenters. The zero-order valence-corrected chi connectivity index (χ0v) is 26.3. The van der Waals surface area contributed by atoms with E-state index in [1.807, 2.05) is 0 Å². The Morgan fingerprint density at radius 3 is 1.44 bits per heavy atom. The number of rotatable bonds is 3. The lowest BCUT2D eigenvalue weighted by atomic mass is 9.89. The Bertz CT molecular complexity index is 2860. The highest BCUT2D eigenvalue weighted by molar-refractivity contribution is 6.24. The maximum atomic E-state index is 2.36. The van der Waals surface area contributed by atoms with Crippen LogP contribution in [-0.2, 0) is 0 Å². The van der Waals surface area contributed by atoms with Gasteiger partial charge in [0.05, 0.1) is 0 Å². The molecule has 0 heterocycles. The summed E-state index contributed by atoms with van der Waals surface area (Å²) >= 11 is 0. The quantitative estimate of drug-likeness (QED) is 0.176. The Morgan fingerprint density at radius 2 is 0.688 bits per heavy atom. The molecule has 0 fully saturated rings. The average Bonchev–Trinajstić information content (AvgIpc) is 3.16. The molecule has 0 aliphatic carbocycles. The molecule has 10 aromatic rings. The highest BCUT2D eigenvalue weighted by Crippen LogP contribution is 2.40. The minimum absolute atomic E-state index is 1.22. The second-order valence-corrected chi connectivity index (χ2v) is 12.9. The van der Waals surface area contributed by atoms with Crippen LogP contribution in [0.3, 0.4) is 0 Å². The third-order valence-corrected chi connectivity index (χ3v) is 10.2. The third kappa shape index (κ3) is 4.24. The zero-order chi connectivity index (χ0) is 31.6. The largest absolute Gasteiger partial charge is 0.0616 e. The van der Waals surface area contributed by atoms with E-state index in [9.17, 15) is 0 Å². The molecule has 0 atom stereocenters. The van der Waals surface area contributed by atoms with Gasteiger partial charge in [-0.25, -0.2) is 0 Å². The highest BCUT2D eigenvalue weighted by Gasteiger charge is 2.13. The molecule has 0 aliphatic heterocycles. The molecule has 0 saturated carbocycles. The molecule has 0 N–H and O–H groups in total. The van der Waals surface area contributed by atoms with Crippen molar-refractivity contribution in [3.63, 3.8) is 0 Å². The standard InChI is InChI=1S/C48H30/c1-5-13-41-33(9-1)25-26-45-46(30-37-11-3-6-14-42(37)48(41)45)34-21-17-31(18-22-34)35-23-19-32-20-24-38(28-39(32)27-35)47-29-36-10-2-4-12-40(36)43-15-7-8-16-44(43)47/h1-30H. The van der Waals surface area contributed by atoms with Crippen LogP contribution in [0.15, 0.2) is 182 Å². The molecule has 0 saturated heterocycles.